The summed E-state index contributed by atoms with van der Waals surface area (Å²) in [6.45, 7) is 0.662. The number of aliphatic hydroxyl groups is 1. The Kier molecular flexibility index (Phi) is 3.61. The number of benzene rings is 1. The molecule has 0 saturated carbocycles. The normalized spacial score (nSPS) is 15.5. The number of hydrogen-bond donors (Lipinski definition) is 2. The number of methoxy groups -OCH3 is 1. The van der Waals surface area contributed by atoms with E-state index in [1.807, 2.05) is 0 Å². The minimum atomic E-state index is -0.631. The third kappa shape index (κ3) is 2.13. The minimum absolute atomic E-state index is 0.233. The molecule has 1 aromatic rings. The zero-order chi connectivity index (χ0) is 12.4. The molecule has 5 nitrogen and oxygen atoms in total. The zero-order valence-electron chi connectivity index (χ0n) is 9.40. The SMILES string of the molecule is COc1cc2c(c(C(N)CO)c1Cl)OCCO2. The van der Waals surface area contributed by atoms with Crippen molar-refractivity contribution >= 4 is 11.6 Å². The smallest absolute Gasteiger partial charge is 0.167 e. The van der Waals surface area contributed by atoms with Gasteiger partial charge >= 0.3 is 0 Å². The van der Waals surface area contributed by atoms with E-state index in [4.69, 9.17) is 36.7 Å². The van der Waals surface area contributed by atoms with E-state index >= 15 is 0 Å². The van der Waals surface area contributed by atoms with Gasteiger partial charge in [0, 0.05) is 11.6 Å². The Morgan fingerprint density at radius 3 is 2.88 bits per heavy atom. The molecule has 17 heavy (non-hydrogen) atoms. The number of aliphatic hydroxyl groups excluding tert-OH is 1. The molecule has 0 bridgehead atoms. The van der Waals surface area contributed by atoms with Crippen molar-refractivity contribution in [2.24, 2.45) is 5.73 Å². The number of fused-ring (bicyclic) bond motifs is 1. The maximum absolute atomic E-state index is 9.16. The van der Waals surface area contributed by atoms with E-state index in [2.05, 4.69) is 0 Å². The van der Waals surface area contributed by atoms with Crippen molar-refractivity contribution in [2.45, 2.75) is 6.04 Å². The second kappa shape index (κ2) is 5.00. The summed E-state index contributed by atoms with van der Waals surface area (Å²) < 4.78 is 16.1. The van der Waals surface area contributed by atoms with Crippen LogP contribution in [0.15, 0.2) is 6.07 Å². The zero-order valence-corrected chi connectivity index (χ0v) is 10.2. The topological polar surface area (TPSA) is 73.9 Å². The lowest BCUT2D eigenvalue weighted by Crippen LogP contribution is -2.21. The van der Waals surface area contributed by atoms with E-state index in [1.54, 1.807) is 6.07 Å². The van der Waals surface area contributed by atoms with Gasteiger partial charge in [-0.15, -0.1) is 0 Å². The molecule has 6 heteroatoms. The predicted molar refractivity (Wildman–Crippen MR) is 63.0 cm³/mol. The minimum Gasteiger partial charge on any atom is -0.495 e. The van der Waals surface area contributed by atoms with Crippen molar-refractivity contribution in [3.05, 3.63) is 16.7 Å². The summed E-state index contributed by atoms with van der Waals surface area (Å²) in [6, 6.07) is 1.03. The summed E-state index contributed by atoms with van der Waals surface area (Å²) in [5.74, 6) is 1.48. The van der Waals surface area contributed by atoms with Gasteiger partial charge in [0.05, 0.1) is 24.8 Å². The van der Waals surface area contributed by atoms with Crippen molar-refractivity contribution in [3.63, 3.8) is 0 Å². The van der Waals surface area contributed by atoms with E-state index in [0.29, 0.717) is 41.0 Å². The average Bonchev–Trinajstić information content (AvgIpc) is 2.37. The van der Waals surface area contributed by atoms with E-state index in [0.717, 1.165) is 0 Å². The van der Waals surface area contributed by atoms with E-state index in [1.165, 1.54) is 7.11 Å². The first kappa shape index (κ1) is 12.3. The van der Waals surface area contributed by atoms with Crippen LogP contribution in [0.1, 0.15) is 11.6 Å². The van der Waals surface area contributed by atoms with Crippen molar-refractivity contribution in [2.75, 3.05) is 26.9 Å². The largest absolute Gasteiger partial charge is 0.495 e. The molecule has 3 N–H and O–H groups in total. The van der Waals surface area contributed by atoms with Gasteiger partial charge in [0.1, 0.15) is 19.0 Å². The van der Waals surface area contributed by atoms with Gasteiger partial charge in [-0.2, -0.15) is 0 Å². The molecule has 0 aromatic heterocycles. The van der Waals surface area contributed by atoms with Crippen molar-refractivity contribution in [1.29, 1.82) is 0 Å². The molecule has 1 aromatic carbocycles. The first-order valence-corrected chi connectivity index (χ1v) is 5.59. The number of halogens is 1. The summed E-state index contributed by atoms with van der Waals surface area (Å²) in [4.78, 5) is 0. The Labute approximate surface area is 104 Å². The summed E-state index contributed by atoms with van der Waals surface area (Å²) in [5.41, 5.74) is 6.33. The molecule has 0 fully saturated rings. The highest BCUT2D eigenvalue weighted by Crippen LogP contribution is 2.45. The van der Waals surface area contributed by atoms with E-state index < -0.39 is 6.04 Å². The van der Waals surface area contributed by atoms with Crippen LogP contribution in [0, 0.1) is 0 Å². The van der Waals surface area contributed by atoms with E-state index in [9.17, 15) is 0 Å². The Morgan fingerprint density at radius 1 is 1.53 bits per heavy atom. The fourth-order valence-electron chi connectivity index (χ4n) is 1.74. The lowest BCUT2D eigenvalue weighted by molar-refractivity contribution is 0.166. The Bertz CT molecular complexity index is 424. The Balaban J connectivity index is 2.59. The van der Waals surface area contributed by atoms with Crippen LogP contribution in [0.2, 0.25) is 5.02 Å². The summed E-state index contributed by atoms with van der Waals surface area (Å²) in [6.07, 6.45) is 0. The second-order valence-corrected chi connectivity index (χ2v) is 4.00. The lowest BCUT2D eigenvalue weighted by atomic mass is 10.1. The standard InChI is InChI=1S/C11H14ClNO4/c1-15-7-4-8-11(17-3-2-16-8)9(10(7)12)6(13)5-14/h4,6,14H,2-3,5,13H2,1H3. The molecule has 0 spiro atoms. The first-order valence-electron chi connectivity index (χ1n) is 5.21. The molecule has 1 atom stereocenters. The lowest BCUT2D eigenvalue weighted by Gasteiger charge is -2.25. The number of rotatable bonds is 3. The third-order valence-electron chi connectivity index (χ3n) is 2.56. The Morgan fingerprint density at radius 2 is 2.24 bits per heavy atom. The summed E-state index contributed by atoms with van der Waals surface area (Å²) in [7, 11) is 1.51. The molecule has 0 amide bonds. The van der Waals surface area contributed by atoms with Gasteiger partial charge in [-0.25, -0.2) is 0 Å². The summed E-state index contributed by atoms with van der Waals surface area (Å²) in [5, 5.41) is 9.50. The van der Waals surface area contributed by atoms with Crippen molar-refractivity contribution in [3.8, 4) is 17.2 Å². The van der Waals surface area contributed by atoms with Crippen LogP contribution >= 0.6 is 11.6 Å². The van der Waals surface area contributed by atoms with Crippen LogP contribution < -0.4 is 19.9 Å². The van der Waals surface area contributed by atoms with Gasteiger partial charge in [0.25, 0.3) is 0 Å². The molecule has 2 rings (SSSR count). The number of ether oxygens (including phenoxy) is 3. The molecule has 94 valence electrons. The van der Waals surface area contributed by atoms with Gasteiger partial charge < -0.3 is 25.1 Å². The predicted octanol–water partition coefficient (Wildman–Crippen LogP) is 1.11. The van der Waals surface area contributed by atoms with Crippen LogP contribution in [0.3, 0.4) is 0 Å². The van der Waals surface area contributed by atoms with Crippen LogP contribution in [-0.4, -0.2) is 32.0 Å². The Hall–Kier alpha value is -1.17. The molecular formula is C11H14ClNO4. The molecule has 0 aliphatic carbocycles. The van der Waals surface area contributed by atoms with Gasteiger partial charge in [-0.1, -0.05) is 11.6 Å². The molecular weight excluding hydrogens is 246 g/mol. The van der Waals surface area contributed by atoms with E-state index in [-0.39, 0.29) is 6.61 Å². The quantitative estimate of drug-likeness (QED) is 0.851. The number of hydrogen-bond acceptors (Lipinski definition) is 5. The highest BCUT2D eigenvalue weighted by atomic mass is 35.5. The molecule has 0 saturated heterocycles. The van der Waals surface area contributed by atoms with Gasteiger partial charge in [-0.3, -0.25) is 0 Å². The van der Waals surface area contributed by atoms with Crippen LogP contribution in [0.5, 0.6) is 17.2 Å². The monoisotopic (exact) mass is 259 g/mol. The average molecular weight is 260 g/mol. The molecule has 1 aliphatic rings. The highest BCUT2D eigenvalue weighted by Gasteiger charge is 2.26. The van der Waals surface area contributed by atoms with Crippen LogP contribution in [0.25, 0.3) is 0 Å². The highest BCUT2D eigenvalue weighted by molar-refractivity contribution is 6.33. The maximum atomic E-state index is 9.16. The second-order valence-electron chi connectivity index (χ2n) is 3.62. The fourth-order valence-corrected chi connectivity index (χ4v) is 2.09. The third-order valence-corrected chi connectivity index (χ3v) is 2.95. The van der Waals surface area contributed by atoms with Crippen molar-refractivity contribution in [1.82, 2.24) is 0 Å². The van der Waals surface area contributed by atoms with Gasteiger partial charge in [-0.05, 0) is 0 Å². The van der Waals surface area contributed by atoms with Crippen molar-refractivity contribution < 1.29 is 19.3 Å². The number of nitrogens with two attached hydrogens (primary N) is 1. The first-order chi connectivity index (χ1) is 8.19. The maximum Gasteiger partial charge on any atom is 0.167 e. The van der Waals surface area contributed by atoms with Gasteiger partial charge in [0.15, 0.2) is 11.5 Å². The van der Waals surface area contributed by atoms with Crippen LogP contribution in [0.4, 0.5) is 0 Å². The fraction of sp³-hybridized carbons (Fsp3) is 0.455. The molecule has 1 aliphatic heterocycles. The molecule has 1 heterocycles. The summed E-state index contributed by atoms with van der Waals surface area (Å²) >= 11 is 6.17. The molecule has 0 radical (unpaired) electrons. The molecule has 1 unspecified atom stereocenters. The van der Waals surface area contributed by atoms with Crippen LogP contribution in [-0.2, 0) is 0 Å². The van der Waals surface area contributed by atoms with Gasteiger partial charge in [0.2, 0.25) is 0 Å².